The average Bonchev–Trinajstić information content (AvgIpc) is 2.47. The van der Waals surface area contributed by atoms with Gasteiger partial charge < -0.3 is 0 Å². The number of hydrogen-bond acceptors (Lipinski definition) is 0. The largest absolute Gasteiger partial charge is 1.00 e. The van der Waals surface area contributed by atoms with Gasteiger partial charge in [0.05, 0.1) is 8.80 Å². The van der Waals surface area contributed by atoms with E-state index in [9.17, 15) is 0 Å². The molecule has 2 rings (SSSR count). The van der Waals surface area contributed by atoms with Gasteiger partial charge in [-0.3, -0.25) is 0 Å². The molecule has 0 fully saturated rings. The second kappa shape index (κ2) is 4.69. The molecule has 0 aromatic carbocycles. The summed E-state index contributed by atoms with van der Waals surface area (Å²) in [6.45, 7) is 4.87. The summed E-state index contributed by atoms with van der Waals surface area (Å²) in [6, 6.07) is 0. The predicted molar refractivity (Wildman–Crippen MR) is 55.9 cm³/mol. The summed E-state index contributed by atoms with van der Waals surface area (Å²) < 4.78 is 0. The molecule has 0 amide bonds. The Morgan fingerprint density at radius 3 is 2.62 bits per heavy atom. The quantitative estimate of drug-likeness (QED) is 0.522. The Bertz CT molecular complexity index is 240. The van der Waals surface area contributed by atoms with Crippen molar-refractivity contribution >= 4 is 8.80 Å². The molecule has 0 aromatic rings. The Labute approximate surface area is 95.3 Å². The molecule has 1 atom stereocenters. The third-order valence-electron chi connectivity index (χ3n) is 3.04. The van der Waals surface area contributed by atoms with E-state index in [0.29, 0.717) is 0 Å². The third-order valence-corrected chi connectivity index (χ3v) is 4.83. The van der Waals surface area contributed by atoms with E-state index >= 15 is 0 Å². The summed E-state index contributed by atoms with van der Waals surface area (Å²) in [5.74, 6) is 0. The minimum Gasteiger partial charge on any atom is -0.0801 e. The first kappa shape index (κ1) is 11.4. The zero-order chi connectivity index (χ0) is 8.55. The molecule has 2 aliphatic rings. The summed E-state index contributed by atoms with van der Waals surface area (Å²) in [6.07, 6.45) is 10.5. The Morgan fingerprint density at radius 2 is 1.92 bits per heavy atom. The van der Waals surface area contributed by atoms with Crippen molar-refractivity contribution in [3.63, 3.8) is 0 Å². The Morgan fingerprint density at radius 1 is 1.23 bits per heavy atom. The fourth-order valence-electron chi connectivity index (χ4n) is 2.37. The zero-order valence-corrected chi connectivity index (χ0v) is 10.1. The van der Waals surface area contributed by atoms with Gasteiger partial charge in [-0.15, -0.1) is 0 Å². The summed E-state index contributed by atoms with van der Waals surface area (Å²) >= 11 is 0. The summed E-state index contributed by atoms with van der Waals surface area (Å²) in [4.78, 5) is 0. The molecular formula is C11H17LiSi+. The molecule has 13 heavy (non-hydrogen) atoms. The molecule has 0 saturated heterocycles. The first-order valence-corrected chi connectivity index (χ1v) is 7.57. The van der Waals surface area contributed by atoms with Crippen LogP contribution < -0.4 is 18.9 Å². The van der Waals surface area contributed by atoms with Crippen molar-refractivity contribution in [2.75, 3.05) is 0 Å². The molecule has 0 N–H and O–H groups in total. The van der Waals surface area contributed by atoms with Gasteiger partial charge >= 0.3 is 18.9 Å². The average molecular weight is 184 g/mol. The molecule has 0 bridgehead atoms. The Balaban J connectivity index is 0.000000845. The van der Waals surface area contributed by atoms with E-state index in [2.05, 4.69) is 25.2 Å². The standard InChI is InChI=1S/C11H17Si.Li/c1-12(2)11-8-7-9-5-3-4-6-10(9)11;/h7-8,11H,3-6H2,1-2H3;/q;+1. The van der Waals surface area contributed by atoms with Gasteiger partial charge in [0, 0.05) is 0 Å². The van der Waals surface area contributed by atoms with Gasteiger partial charge in [0.25, 0.3) is 0 Å². The van der Waals surface area contributed by atoms with Crippen molar-refractivity contribution in [3.8, 4) is 0 Å². The van der Waals surface area contributed by atoms with Gasteiger partial charge in [0.15, 0.2) is 0 Å². The van der Waals surface area contributed by atoms with E-state index in [1.165, 1.54) is 25.7 Å². The van der Waals surface area contributed by atoms with Crippen molar-refractivity contribution in [2.24, 2.45) is 0 Å². The Hall–Kier alpha value is 0.294. The maximum absolute atomic E-state index is 2.46. The van der Waals surface area contributed by atoms with Gasteiger partial charge in [-0.2, -0.15) is 0 Å². The van der Waals surface area contributed by atoms with Gasteiger partial charge in [-0.05, 0) is 36.8 Å². The molecule has 0 saturated carbocycles. The van der Waals surface area contributed by atoms with Crippen molar-refractivity contribution < 1.29 is 18.9 Å². The van der Waals surface area contributed by atoms with Gasteiger partial charge in [0.2, 0.25) is 0 Å². The first-order chi connectivity index (χ1) is 5.79. The maximum Gasteiger partial charge on any atom is 1.00 e. The maximum atomic E-state index is 2.46. The second-order valence-corrected chi connectivity index (χ2v) is 6.95. The monoisotopic (exact) mass is 184 g/mol. The van der Waals surface area contributed by atoms with E-state index in [1.807, 2.05) is 0 Å². The van der Waals surface area contributed by atoms with E-state index in [0.717, 1.165) is 5.54 Å². The van der Waals surface area contributed by atoms with Crippen LogP contribution in [0.3, 0.4) is 0 Å². The third kappa shape index (κ3) is 2.21. The SMILES string of the molecule is C[Si](C)C1C=CC2=C1CCCC2.[Li+]. The molecule has 0 heterocycles. The van der Waals surface area contributed by atoms with Gasteiger partial charge in [-0.25, -0.2) is 0 Å². The van der Waals surface area contributed by atoms with E-state index in [4.69, 9.17) is 0 Å². The van der Waals surface area contributed by atoms with Crippen molar-refractivity contribution in [2.45, 2.75) is 44.3 Å². The van der Waals surface area contributed by atoms with Crippen LogP contribution in [0.5, 0.6) is 0 Å². The van der Waals surface area contributed by atoms with E-state index < -0.39 is 0 Å². The normalized spacial score (nSPS) is 26.2. The second-order valence-electron chi connectivity index (χ2n) is 4.17. The van der Waals surface area contributed by atoms with Crippen LogP contribution in [-0.2, 0) is 0 Å². The van der Waals surface area contributed by atoms with Gasteiger partial charge in [0.1, 0.15) is 0 Å². The molecule has 2 aliphatic carbocycles. The summed E-state index contributed by atoms with van der Waals surface area (Å²) in [5.41, 5.74) is 4.38. The fourth-order valence-corrected chi connectivity index (χ4v) is 3.87. The molecule has 0 aliphatic heterocycles. The predicted octanol–water partition coefficient (Wildman–Crippen LogP) is 0.555. The van der Waals surface area contributed by atoms with Crippen LogP contribution in [0.15, 0.2) is 23.3 Å². The van der Waals surface area contributed by atoms with Crippen molar-refractivity contribution in [1.29, 1.82) is 0 Å². The zero-order valence-electron chi connectivity index (χ0n) is 9.06. The van der Waals surface area contributed by atoms with Crippen LogP contribution in [0.4, 0.5) is 0 Å². The van der Waals surface area contributed by atoms with Crippen molar-refractivity contribution in [1.82, 2.24) is 0 Å². The minimum absolute atomic E-state index is 0. The molecule has 2 heteroatoms. The van der Waals surface area contributed by atoms with Crippen LogP contribution in [0.1, 0.15) is 25.7 Å². The molecule has 1 unspecified atom stereocenters. The van der Waals surface area contributed by atoms with Gasteiger partial charge in [-0.1, -0.05) is 30.8 Å². The van der Waals surface area contributed by atoms with Crippen molar-refractivity contribution in [3.05, 3.63) is 23.3 Å². The van der Waals surface area contributed by atoms with Crippen LogP contribution in [0, 0.1) is 0 Å². The number of allylic oxidation sites excluding steroid dienone is 4. The molecule has 0 spiro atoms. The van der Waals surface area contributed by atoms with Crippen LogP contribution in [0.2, 0.25) is 18.6 Å². The first-order valence-electron chi connectivity index (χ1n) is 4.99. The van der Waals surface area contributed by atoms with Crippen LogP contribution >= 0.6 is 0 Å². The topological polar surface area (TPSA) is 0 Å². The molecule has 0 aromatic heterocycles. The Kier molecular flexibility index (Phi) is 4.10. The van der Waals surface area contributed by atoms with Crippen LogP contribution in [0.25, 0.3) is 0 Å². The summed E-state index contributed by atoms with van der Waals surface area (Å²) in [7, 11) is -0.126. The van der Waals surface area contributed by atoms with E-state index in [-0.39, 0.29) is 27.7 Å². The molecule has 1 radical (unpaired) electrons. The smallest absolute Gasteiger partial charge is 0.0801 e. The summed E-state index contributed by atoms with van der Waals surface area (Å²) in [5, 5.41) is 0. The molecule has 65 valence electrons. The number of hydrogen-bond donors (Lipinski definition) is 0. The fraction of sp³-hybridized carbons (Fsp3) is 0.636. The minimum atomic E-state index is -0.126. The number of rotatable bonds is 1. The molecule has 0 nitrogen and oxygen atoms in total. The van der Waals surface area contributed by atoms with E-state index in [1.54, 1.807) is 11.1 Å². The van der Waals surface area contributed by atoms with Crippen LogP contribution in [-0.4, -0.2) is 8.80 Å². The molecular weight excluding hydrogens is 167 g/mol.